The van der Waals surface area contributed by atoms with E-state index in [9.17, 15) is 0 Å². The molecule has 0 amide bonds. The van der Waals surface area contributed by atoms with Gasteiger partial charge in [0.2, 0.25) is 0 Å². The van der Waals surface area contributed by atoms with E-state index >= 15 is 0 Å². The normalized spacial score (nSPS) is 16.9. The summed E-state index contributed by atoms with van der Waals surface area (Å²) in [5.74, 6) is 0. The molecule has 0 saturated heterocycles. The van der Waals surface area contributed by atoms with Crippen LogP contribution in [-0.2, 0) is 5.41 Å². The highest BCUT2D eigenvalue weighted by molar-refractivity contribution is 7.26. The van der Waals surface area contributed by atoms with Gasteiger partial charge in [-0.05, 0) is 70.5 Å². The van der Waals surface area contributed by atoms with Crippen LogP contribution < -0.4 is 0 Å². The largest absolute Gasteiger partial charge is 0.354 e. The first-order valence-corrected chi connectivity index (χ1v) is 13.3. The van der Waals surface area contributed by atoms with E-state index in [1.54, 1.807) is 0 Å². The highest BCUT2D eigenvalue weighted by atomic mass is 32.1. The Kier molecular flexibility index (Phi) is 3.79. The van der Waals surface area contributed by atoms with Crippen LogP contribution in [0.4, 0.5) is 0 Å². The van der Waals surface area contributed by atoms with Crippen LogP contribution in [0.3, 0.4) is 0 Å². The van der Waals surface area contributed by atoms with Crippen molar-refractivity contribution in [3.63, 3.8) is 0 Å². The quantitative estimate of drug-likeness (QED) is 0.248. The summed E-state index contributed by atoms with van der Waals surface area (Å²) in [7, 11) is 0. The predicted octanol–water partition coefficient (Wildman–Crippen LogP) is 9.61. The highest BCUT2D eigenvalue weighted by Crippen LogP contribution is 2.54. The highest BCUT2D eigenvalue weighted by Gasteiger charge is 2.38. The Morgan fingerprint density at radius 3 is 2.43 bits per heavy atom. The van der Waals surface area contributed by atoms with E-state index in [2.05, 4.69) is 104 Å². The summed E-state index contributed by atoms with van der Waals surface area (Å²) >= 11 is 1.94. The number of aromatic nitrogens is 1. The minimum absolute atomic E-state index is 0.00302. The molecule has 0 aliphatic heterocycles. The Morgan fingerprint density at radius 2 is 1.51 bits per heavy atom. The summed E-state index contributed by atoms with van der Waals surface area (Å²) in [5.41, 5.74) is 11.3. The van der Waals surface area contributed by atoms with Gasteiger partial charge in [-0.15, -0.1) is 11.3 Å². The summed E-state index contributed by atoms with van der Waals surface area (Å²) in [5, 5.41) is 5.42. The number of fused-ring (bicyclic) bond motifs is 8. The second-order valence-electron chi connectivity index (χ2n) is 10.6. The molecule has 2 aromatic heterocycles. The summed E-state index contributed by atoms with van der Waals surface area (Å²) in [4.78, 5) is 3.66. The number of allylic oxidation sites excluding steroid dienone is 4. The second kappa shape index (κ2) is 6.74. The van der Waals surface area contributed by atoms with E-state index in [-0.39, 0.29) is 5.41 Å². The maximum Gasteiger partial charge on any atom is 0.0471 e. The first-order chi connectivity index (χ1) is 17.1. The zero-order chi connectivity index (χ0) is 23.3. The van der Waals surface area contributed by atoms with Gasteiger partial charge in [0.15, 0.2) is 0 Å². The summed E-state index contributed by atoms with van der Waals surface area (Å²) in [6.07, 6.45) is 4.72. The number of thiophene rings is 1. The van der Waals surface area contributed by atoms with Gasteiger partial charge in [-0.1, -0.05) is 74.5 Å². The van der Waals surface area contributed by atoms with Crippen molar-refractivity contribution in [1.82, 2.24) is 4.98 Å². The molecule has 2 heteroatoms. The van der Waals surface area contributed by atoms with E-state index < -0.39 is 0 Å². The monoisotopic (exact) mass is 467 g/mol. The fourth-order valence-electron chi connectivity index (χ4n) is 6.59. The summed E-state index contributed by atoms with van der Waals surface area (Å²) in [6.45, 7) is 4.82. The minimum atomic E-state index is -0.00302. The standard InChI is InChI=1S/C33H25NS/c1-33(2)27-16-19(20-10-7-11-24-23-9-4-6-13-31(23)35-32(20)24)14-15-21(27)25-18-30-26(17-28(25)33)22-8-3-5-12-29(22)34-30/h3-13,16-18,34H,14-15H2,1-2H3. The minimum Gasteiger partial charge on any atom is -0.354 e. The first-order valence-electron chi connectivity index (χ1n) is 12.5. The molecule has 0 fully saturated rings. The average Bonchev–Trinajstić information content (AvgIpc) is 3.51. The van der Waals surface area contributed by atoms with Crippen LogP contribution in [0.2, 0.25) is 0 Å². The van der Waals surface area contributed by atoms with Crippen LogP contribution in [0.5, 0.6) is 0 Å². The molecular weight excluding hydrogens is 442 g/mol. The molecule has 1 N–H and O–H groups in total. The maximum absolute atomic E-state index is 3.66. The van der Waals surface area contributed by atoms with E-state index in [1.807, 2.05) is 11.3 Å². The Morgan fingerprint density at radius 1 is 0.714 bits per heavy atom. The molecule has 168 valence electrons. The Labute approximate surface area is 208 Å². The summed E-state index contributed by atoms with van der Waals surface area (Å²) in [6, 6.07) is 29.2. The molecule has 2 heterocycles. The molecule has 2 aliphatic carbocycles. The van der Waals surface area contributed by atoms with Gasteiger partial charge in [0.25, 0.3) is 0 Å². The molecule has 0 atom stereocenters. The molecule has 0 bridgehead atoms. The van der Waals surface area contributed by atoms with Crippen molar-refractivity contribution >= 4 is 64.5 Å². The van der Waals surface area contributed by atoms with Crippen LogP contribution >= 0.6 is 11.3 Å². The molecule has 6 aromatic rings. The SMILES string of the molecule is CC1(C)C2=C(CCC(c3cccc4c3sc3ccccc34)=C2)c2cc3[nH]c4ccccc4c3cc21. The van der Waals surface area contributed by atoms with Crippen molar-refractivity contribution in [3.8, 4) is 0 Å². The number of H-pyrrole nitrogens is 1. The number of rotatable bonds is 1. The fraction of sp³-hybridized carbons (Fsp3) is 0.152. The van der Waals surface area contributed by atoms with Gasteiger partial charge in [0.05, 0.1) is 0 Å². The van der Waals surface area contributed by atoms with Crippen LogP contribution in [-0.4, -0.2) is 4.98 Å². The lowest BCUT2D eigenvalue weighted by Gasteiger charge is -2.26. The Bertz CT molecular complexity index is 1920. The van der Waals surface area contributed by atoms with Gasteiger partial charge in [-0.3, -0.25) is 0 Å². The number of nitrogens with one attached hydrogen (secondary N) is 1. The second-order valence-corrected chi connectivity index (χ2v) is 11.6. The third-order valence-corrected chi connectivity index (χ3v) is 9.57. The lowest BCUT2D eigenvalue weighted by atomic mass is 9.78. The van der Waals surface area contributed by atoms with Gasteiger partial charge in [0, 0.05) is 47.4 Å². The number of para-hydroxylation sites is 1. The van der Waals surface area contributed by atoms with E-state index in [4.69, 9.17) is 0 Å². The smallest absolute Gasteiger partial charge is 0.0471 e. The van der Waals surface area contributed by atoms with Gasteiger partial charge in [-0.25, -0.2) is 0 Å². The number of aromatic amines is 1. The lowest BCUT2D eigenvalue weighted by molar-refractivity contribution is 0.653. The molecule has 2 aliphatic rings. The fourth-order valence-corrected chi connectivity index (χ4v) is 7.84. The molecular formula is C33H25NS. The molecule has 35 heavy (non-hydrogen) atoms. The van der Waals surface area contributed by atoms with Gasteiger partial charge < -0.3 is 4.98 Å². The number of benzene rings is 4. The van der Waals surface area contributed by atoms with Gasteiger partial charge >= 0.3 is 0 Å². The van der Waals surface area contributed by atoms with Crippen molar-refractivity contribution < 1.29 is 0 Å². The number of hydrogen-bond acceptors (Lipinski definition) is 1. The predicted molar refractivity (Wildman–Crippen MR) is 152 cm³/mol. The van der Waals surface area contributed by atoms with Crippen molar-refractivity contribution in [3.05, 3.63) is 107 Å². The maximum atomic E-state index is 3.66. The van der Waals surface area contributed by atoms with Crippen LogP contribution in [0, 0.1) is 0 Å². The lowest BCUT2D eigenvalue weighted by Crippen LogP contribution is -2.17. The molecule has 1 nitrogen and oxygen atoms in total. The van der Waals surface area contributed by atoms with Gasteiger partial charge in [-0.2, -0.15) is 0 Å². The van der Waals surface area contributed by atoms with Crippen molar-refractivity contribution in [1.29, 1.82) is 0 Å². The van der Waals surface area contributed by atoms with E-state index in [1.165, 1.54) is 75.4 Å². The third kappa shape index (κ3) is 2.58. The molecule has 0 saturated carbocycles. The van der Waals surface area contributed by atoms with E-state index in [0.717, 1.165) is 12.8 Å². The Balaban J connectivity index is 1.33. The molecule has 4 aromatic carbocycles. The van der Waals surface area contributed by atoms with Crippen LogP contribution in [0.25, 0.3) is 53.1 Å². The van der Waals surface area contributed by atoms with Crippen molar-refractivity contribution in [2.45, 2.75) is 32.1 Å². The zero-order valence-corrected chi connectivity index (χ0v) is 20.7. The first kappa shape index (κ1) is 19.7. The van der Waals surface area contributed by atoms with Crippen molar-refractivity contribution in [2.24, 2.45) is 0 Å². The topological polar surface area (TPSA) is 15.8 Å². The van der Waals surface area contributed by atoms with Crippen LogP contribution in [0.15, 0.2) is 90.5 Å². The number of hydrogen-bond donors (Lipinski definition) is 1. The van der Waals surface area contributed by atoms with E-state index in [0.29, 0.717) is 0 Å². The average molecular weight is 468 g/mol. The van der Waals surface area contributed by atoms with Gasteiger partial charge in [0.1, 0.15) is 0 Å². The molecule has 0 radical (unpaired) electrons. The molecule has 8 rings (SSSR count). The molecule has 0 spiro atoms. The zero-order valence-electron chi connectivity index (χ0n) is 19.9. The van der Waals surface area contributed by atoms with Crippen LogP contribution in [0.1, 0.15) is 43.4 Å². The molecule has 0 unspecified atom stereocenters. The van der Waals surface area contributed by atoms with Crippen molar-refractivity contribution in [2.75, 3.05) is 0 Å². The Hall–Kier alpha value is -3.62. The summed E-state index contributed by atoms with van der Waals surface area (Å²) < 4.78 is 2.80. The third-order valence-electron chi connectivity index (χ3n) is 8.35.